The normalized spacial score (nSPS) is 24.1. The van der Waals surface area contributed by atoms with E-state index in [1.165, 1.54) is 4.90 Å². The second-order valence-corrected chi connectivity index (χ2v) is 7.54. The van der Waals surface area contributed by atoms with Crippen LogP contribution in [0.5, 0.6) is 0 Å². The fourth-order valence-corrected chi connectivity index (χ4v) is 4.24. The summed E-state index contributed by atoms with van der Waals surface area (Å²) in [5.74, 6) is -1.09. The number of nitrogens with zero attached hydrogens (tertiary/aromatic N) is 2. The van der Waals surface area contributed by atoms with Crippen molar-refractivity contribution in [1.82, 2.24) is 20.4 Å². The van der Waals surface area contributed by atoms with Gasteiger partial charge in [-0.25, -0.2) is 0 Å². The number of carbonyl (C=O) groups excluding carboxylic acids is 4. The van der Waals surface area contributed by atoms with Crippen LogP contribution >= 0.6 is 12.4 Å². The van der Waals surface area contributed by atoms with Gasteiger partial charge < -0.3 is 15.1 Å². The Morgan fingerprint density at radius 2 is 2.03 bits per heavy atom. The lowest BCUT2D eigenvalue weighted by molar-refractivity contribution is -0.136. The molecule has 4 amide bonds. The first kappa shape index (κ1) is 21.3. The van der Waals surface area contributed by atoms with Gasteiger partial charge in [0, 0.05) is 49.8 Å². The molecule has 3 aliphatic rings. The summed E-state index contributed by atoms with van der Waals surface area (Å²) < 4.78 is 0. The molecule has 2 fully saturated rings. The Hall–Kier alpha value is -2.45. The van der Waals surface area contributed by atoms with E-state index in [2.05, 4.69) is 17.6 Å². The van der Waals surface area contributed by atoms with Gasteiger partial charge in [-0.2, -0.15) is 0 Å². The summed E-state index contributed by atoms with van der Waals surface area (Å²) >= 11 is 0. The van der Waals surface area contributed by atoms with Crippen LogP contribution in [0.25, 0.3) is 0 Å². The summed E-state index contributed by atoms with van der Waals surface area (Å²) in [6.45, 7) is 4.32. The first-order valence-corrected chi connectivity index (χ1v) is 9.78. The third-order valence-electron chi connectivity index (χ3n) is 5.85. The van der Waals surface area contributed by atoms with Gasteiger partial charge in [0.05, 0.1) is 0 Å². The minimum atomic E-state index is -0.677. The van der Waals surface area contributed by atoms with Gasteiger partial charge in [-0.15, -0.1) is 12.4 Å². The molecule has 0 radical (unpaired) electrons. The third-order valence-corrected chi connectivity index (χ3v) is 5.85. The number of fused-ring (bicyclic) bond motifs is 1. The summed E-state index contributed by atoms with van der Waals surface area (Å²) in [5, 5.41) is 5.69. The Bertz CT molecular complexity index is 859. The van der Waals surface area contributed by atoms with Crippen molar-refractivity contribution >= 4 is 36.0 Å². The second kappa shape index (κ2) is 8.51. The molecular formula is C20H25ClN4O4. The smallest absolute Gasteiger partial charge is 0.255 e. The predicted octanol–water partition coefficient (Wildman–Crippen LogP) is 0.693. The molecule has 8 nitrogen and oxygen atoms in total. The van der Waals surface area contributed by atoms with E-state index in [1.54, 1.807) is 18.2 Å². The lowest BCUT2D eigenvalue weighted by atomic mass is 10.0. The van der Waals surface area contributed by atoms with Crippen molar-refractivity contribution in [3.05, 3.63) is 34.9 Å². The molecule has 0 spiro atoms. The maximum Gasteiger partial charge on any atom is 0.255 e. The molecule has 0 bridgehead atoms. The number of piperazine rings is 1. The molecule has 0 saturated carbocycles. The van der Waals surface area contributed by atoms with Crippen LogP contribution in [0.3, 0.4) is 0 Å². The van der Waals surface area contributed by atoms with E-state index in [1.807, 2.05) is 4.90 Å². The van der Waals surface area contributed by atoms with E-state index in [0.717, 1.165) is 13.0 Å². The Labute approximate surface area is 175 Å². The number of imide groups is 1. The van der Waals surface area contributed by atoms with E-state index in [0.29, 0.717) is 36.2 Å². The molecule has 29 heavy (non-hydrogen) atoms. The maximum absolute atomic E-state index is 13.2. The number of nitrogens with one attached hydrogen (secondary N) is 2. The third kappa shape index (κ3) is 3.86. The van der Waals surface area contributed by atoms with Crippen molar-refractivity contribution < 1.29 is 19.2 Å². The fraction of sp³-hybridized carbons (Fsp3) is 0.500. The van der Waals surface area contributed by atoms with Gasteiger partial charge in [-0.3, -0.25) is 24.5 Å². The highest BCUT2D eigenvalue weighted by atomic mass is 35.5. The average Bonchev–Trinajstić information content (AvgIpc) is 3.04. The van der Waals surface area contributed by atoms with Crippen LogP contribution in [0.1, 0.15) is 52.5 Å². The standard InChI is InChI=1S/C20H24N4O4.ClH/c1-2-12-10-23(9-8-21-12)19(27)13-4-3-5-14-15(13)11-24(20(14)28)16-6-7-17(25)22-18(16)26;/h3-5,12,16,21H,2,6-11H2,1H3,(H,22,25,26);1H. The van der Waals surface area contributed by atoms with Gasteiger partial charge >= 0.3 is 0 Å². The molecule has 1 aromatic carbocycles. The van der Waals surface area contributed by atoms with Gasteiger partial charge in [-0.05, 0) is 30.5 Å². The largest absolute Gasteiger partial charge is 0.336 e. The van der Waals surface area contributed by atoms with Crippen molar-refractivity contribution in [1.29, 1.82) is 0 Å². The van der Waals surface area contributed by atoms with Crippen LogP contribution in [-0.4, -0.2) is 65.1 Å². The van der Waals surface area contributed by atoms with Gasteiger partial charge in [0.25, 0.3) is 11.8 Å². The van der Waals surface area contributed by atoms with Gasteiger partial charge in [0.2, 0.25) is 11.8 Å². The van der Waals surface area contributed by atoms with Crippen molar-refractivity contribution in [2.75, 3.05) is 19.6 Å². The van der Waals surface area contributed by atoms with E-state index >= 15 is 0 Å². The molecule has 2 saturated heterocycles. The highest BCUT2D eigenvalue weighted by molar-refractivity contribution is 6.07. The van der Waals surface area contributed by atoms with Crippen molar-refractivity contribution in [3.8, 4) is 0 Å². The van der Waals surface area contributed by atoms with Crippen molar-refractivity contribution in [3.63, 3.8) is 0 Å². The maximum atomic E-state index is 13.2. The van der Waals surface area contributed by atoms with E-state index in [9.17, 15) is 19.2 Å². The predicted molar refractivity (Wildman–Crippen MR) is 108 cm³/mol. The summed E-state index contributed by atoms with van der Waals surface area (Å²) in [4.78, 5) is 53.0. The number of benzene rings is 1. The molecule has 3 heterocycles. The number of hydrogen-bond donors (Lipinski definition) is 2. The van der Waals surface area contributed by atoms with Gasteiger partial charge in [0.15, 0.2) is 0 Å². The molecule has 3 aliphatic heterocycles. The highest BCUT2D eigenvalue weighted by Crippen LogP contribution is 2.30. The first-order valence-electron chi connectivity index (χ1n) is 9.78. The van der Waals surface area contributed by atoms with Crippen LogP contribution in [0, 0.1) is 0 Å². The Morgan fingerprint density at radius 1 is 1.24 bits per heavy atom. The number of rotatable bonds is 3. The molecule has 2 N–H and O–H groups in total. The monoisotopic (exact) mass is 420 g/mol. The molecule has 2 atom stereocenters. The van der Waals surface area contributed by atoms with Crippen molar-refractivity contribution in [2.45, 2.75) is 44.8 Å². The molecule has 2 unspecified atom stereocenters. The summed E-state index contributed by atoms with van der Waals surface area (Å²) in [5.41, 5.74) is 1.67. The Morgan fingerprint density at radius 3 is 2.76 bits per heavy atom. The summed E-state index contributed by atoms with van der Waals surface area (Å²) in [6, 6.07) is 4.77. The molecule has 156 valence electrons. The summed E-state index contributed by atoms with van der Waals surface area (Å²) in [7, 11) is 0. The number of hydrogen-bond acceptors (Lipinski definition) is 5. The lowest BCUT2D eigenvalue weighted by Crippen LogP contribution is -2.52. The van der Waals surface area contributed by atoms with Crippen LogP contribution in [0.2, 0.25) is 0 Å². The zero-order chi connectivity index (χ0) is 19.8. The number of carbonyl (C=O) groups is 4. The quantitative estimate of drug-likeness (QED) is 0.701. The number of amides is 4. The van der Waals surface area contributed by atoms with E-state index < -0.39 is 11.9 Å². The van der Waals surface area contributed by atoms with E-state index in [-0.39, 0.29) is 49.1 Å². The zero-order valence-corrected chi connectivity index (χ0v) is 17.1. The molecule has 0 aromatic heterocycles. The SMILES string of the molecule is CCC1CN(C(=O)c2cccc3c2CN(C2CCC(=O)NC2=O)C3=O)CCN1.Cl. The minimum absolute atomic E-state index is 0. The second-order valence-electron chi connectivity index (χ2n) is 7.54. The van der Waals surface area contributed by atoms with Crippen LogP contribution in [0.4, 0.5) is 0 Å². The average molecular weight is 421 g/mol. The molecule has 9 heteroatoms. The van der Waals surface area contributed by atoms with Crippen LogP contribution in [-0.2, 0) is 16.1 Å². The molecule has 4 rings (SSSR count). The zero-order valence-electron chi connectivity index (χ0n) is 16.3. The number of piperidine rings is 1. The molecule has 0 aliphatic carbocycles. The van der Waals surface area contributed by atoms with Gasteiger partial charge in [0.1, 0.15) is 6.04 Å². The van der Waals surface area contributed by atoms with Crippen LogP contribution < -0.4 is 10.6 Å². The molecular weight excluding hydrogens is 396 g/mol. The fourth-order valence-electron chi connectivity index (χ4n) is 4.24. The van der Waals surface area contributed by atoms with Crippen LogP contribution in [0.15, 0.2) is 18.2 Å². The summed E-state index contributed by atoms with van der Waals surface area (Å²) in [6.07, 6.45) is 1.46. The topological polar surface area (TPSA) is 98.8 Å². The molecule has 1 aromatic rings. The van der Waals surface area contributed by atoms with E-state index in [4.69, 9.17) is 0 Å². The Kier molecular flexibility index (Phi) is 6.24. The number of halogens is 1. The van der Waals surface area contributed by atoms with Crippen molar-refractivity contribution in [2.24, 2.45) is 0 Å². The Balaban J connectivity index is 0.00000240. The highest BCUT2D eigenvalue weighted by Gasteiger charge is 2.40. The minimum Gasteiger partial charge on any atom is -0.336 e. The lowest BCUT2D eigenvalue weighted by Gasteiger charge is -2.33. The van der Waals surface area contributed by atoms with Gasteiger partial charge in [-0.1, -0.05) is 13.0 Å². The first-order chi connectivity index (χ1) is 13.5.